The highest BCUT2D eigenvalue weighted by Gasteiger charge is 2.27. The molecule has 7 nitrogen and oxygen atoms in total. The highest BCUT2D eigenvalue weighted by atomic mass is 16.3. The summed E-state index contributed by atoms with van der Waals surface area (Å²) in [6.07, 6.45) is 0. The molecule has 1 saturated heterocycles. The summed E-state index contributed by atoms with van der Waals surface area (Å²) in [5.74, 6) is -0.537. The molecule has 1 fully saturated rings. The molecule has 0 bridgehead atoms. The van der Waals surface area contributed by atoms with E-state index in [4.69, 9.17) is 0 Å². The predicted molar refractivity (Wildman–Crippen MR) is 104 cm³/mol. The minimum Gasteiger partial charge on any atom is -0.507 e. The first-order valence-electron chi connectivity index (χ1n) is 9.03. The van der Waals surface area contributed by atoms with E-state index in [1.807, 2.05) is 6.07 Å². The van der Waals surface area contributed by atoms with E-state index in [1.54, 1.807) is 46.2 Å². The monoisotopic (exact) mass is 377 g/mol. The zero-order valence-corrected chi connectivity index (χ0v) is 15.1. The second-order valence-corrected chi connectivity index (χ2v) is 6.69. The fraction of sp³-hybridized carbons (Fsp3) is 0.190. The van der Waals surface area contributed by atoms with Crippen LogP contribution in [0.15, 0.2) is 59.4 Å². The summed E-state index contributed by atoms with van der Waals surface area (Å²) in [6, 6.07) is 14.9. The lowest BCUT2D eigenvalue weighted by Crippen LogP contribution is -2.50. The van der Waals surface area contributed by atoms with Gasteiger partial charge in [-0.2, -0.15) is 0 Å². The largest absolute Gasteiger partial charge is 0.507 e. The Kier molecular flexibility index (Phi) is 4.57. The van der Waals surface area contributed by atoms with E-state index in [2.05, 4.69) is 4.98 Å². The van der Waals surface area contributed by atoms with Crippen LogP contribution in [0.3, 0.4) is 0 Å². The fourth-order valence-corrected chi connectivity index (χ4v) is 3.49. The fourth-order valence-electron chi connectivity index (χ4n) is 3.49. The van der Waals surface area contributed by atoms with Gasteiger partial charge in [-0.25, -0.2) is 0 Å². The van der Waals surface area contributed by atoms with Gasteiger partial charge in [-0.05, 0) is 18.2 Å². The third-order valence-electron chi connectivity index (χ3n) is 4.97. The Labute approximate surface area is 160 Å². The Morgan fingerprint density at radius 1 is 0.821 bits per heavy atom. The number of phenols is 1. The van der Waals surface area contributed by atoms with Crippen molar-refractivity contribution in [3.63, 3.8) is 0 Å². The van der Waals surface area contributed by atoms with Gasteiger partial charge in [0, 0.05) is 43.1 Å². The van der Waals surface area contributed by atoms with Crippen LogP contribution in [-0.2, 0) is 0 Å². The van der Waals surface area contributed by atoms with Gasteiger partial charge in [0.05, 0.1) is 11.1 Å². The molecule has 0 atom stereocenters. The first-order chi connectivity index (χ1) is 13.5. The summed E-state index contributed by atoms with van der Waals surface area (Å²) < 4.78 is 0. The lowest BCUT2D eigenvalue weighted by Gasteiger charge is -2.35. The molecule has 1 aliphatic heterocycles. The molecule has 4 rings (SSSR count). The topological polar surface area (TPSA) is 93.7 Å². The normalized spacial score (nSPS) is 14.3. The number of fused-ring (bicyclic) bond motifs is 1. The van der Waals surface area contributed by atoms with E-state index in [0.717, 1.165) is 0 Å². The molecule has 0 radical (unpaired) electrons. The van der Waals surface area contributed by atoms with Crippen molar-refractivity contribution in [1.29, 1.82) is 0 Å². The van der Waals surface area contributed by atoms with Gasteiger partial charge in [-0.15, -0.1) is 0 Å². The SMILES string of the molecule is O=C(c1ccccc1O)N1CCN(C(=O)c2cc(=O)[nH]c3ccccc23)CC1. The van der Waals surface area contributed by atoms with Crippen molar-refractivity contribution in [2.75, 3.05) is 26.2 Å². The van der Waals surface area contributed by atoms with Crippen molar-refractivity contribution in [2.24, 2.45) is 0 Å². The molecule has 2 amide bonds. The summed E-state index contributed by atoms with van der Waals surface area (Å²) >= 11 is 0. The number of carbonyl (C=O) groups excluding carboxylic acids is 2. The number of rotatable bonds is 2. The third-order valence-corrected chi connectivity index (χ3v) is 4.97. The molecule has 3 aromatic rings. The number of nitrogens with zero attached hydrogens (tertiary/aromatic N) is 2. The van der Waals surface area contributed by atoms with E-state index in [0.29, 0.717) is 42.6 Å². The standard InChI is InChI=1S/C21H19N3O4/c25-18-8-4-2-6-15(18)20(27)23-9-11-24(12-10-23)21(28)16-13-19(26)22-17-7-3-1-5-14(16)17/h1-8,13,25H,9-12H2,(H,22,26). The number of para-hydroxylation sites is 2. The first kappa shape index (κ1) is 17.8. The quantitative estimate of drug-likeness (QED) is 0.713. The van der Waals surface area contributed by atoms with Crippen LogP contribution in [0.4, 0.5) is 0 Å². The molecule has 28 heavy (non-hydrogen) atoms. The maximum Gasteiger partial charge on any atom is 0.257 e. The Morgan fingerprint density at radius 2 is 1.39 bits per heavy atom. The summed E-state index contributed by atoms with van der Waals surface area (Å²) in [5.41, 5.74) is 0.907. The second-order valence-electron chi connectivity index (χ2n) is 6.69. The molecule has 2 N–H and O–H groups in total. The summed E-state index contributed by atoms with van der Waals surface area (Å²) in [6.45, 7) is 1.44. The zero-order valence-electron chi connectivity index (χ0n) is 15.1. The number of carbonyl (C=O) groups is 2. The number of piperazine rings is 1. The van der Waals surface area contributed by atoms with Crippen LogP contribution in [0.1, 0.15) is 20.7 Å². The van der Waals surface area contributed by atoms with Crippen molar-refractivity contribution >= 4 is 22.7 Å². The molecule has 1 aliphatic rings. The number of amides is 2. The number of hydrogen-bond donors (Lipinski definition) is 2. The lowest BCUT2D eigenvalue weighted by atomic mass is 10.1. The van der Waals surface area contributed by atoms with Gasteiger partial charge in [0.2, 0.25) is 5.56 Å². The van der Waals surface area contributed by atoms with E-state index >= 15 is 0 Å². The number of hydrogen-bond acceptors (Lipinski definition) is 4. The highest BCUT2D eigenvalue weighted by Crippen LogP contribution is 2.20. The van der Waals surface area contributed by atoms with Gasteiger partial charge in [0.15, 0.2) is 0 Å². The van der Waals surface area contributed by atoms with Gasteiger partial charge in [0.25, 0.3) is 11.8 Å². The molecule has 2 heterocycles. The minimum atomic E-state index is -0.324. The van der Waals surface area contributed by atoms with E-state index < -0.39 is 0 Å². The van der Waals surface area contributed by atoms with Crippen molar-refractivity contribution < 1.29 is 14.7 Å². The highest BCUT2D eigenvalue weighted by molar-refractivity contribution is 6.06. The van der Waals surface area contributed by atoms with Crippen LogP contribution >= 0.6 is 0 Å². The van der Waals surface area contributed by atoms with Crippen molar-refractivity contribution in [2.45, 2.75) is 0 Å². The predicted octanol–water partition coefficient (Wildman–Crippen LogP) is 1.83. The number of pyridine rings is 1. The number of phenolic OH excluding ortho intramolecular Hbond substituents is 1. The molecule has 0 unspecified atom stereocenters. The molecule has 7 heteroatoms. The van der Waals surface area contributed by atoms with E-state index in [9.17, 15) is 19.5 Å². The molecular weight excluding hydrogens is 358 g/mol. The van der Waals surface area contributed by atoms with Crippen LogP contribution in [0.25, 0.3) is 10.9 Å². The summed E-state index contributed by atoms with van der Waals surface area (Å²) in [5, 5.41) is 10.6. The smallest absolute Gasteiger partial charge is 0.257 e. The number of H-pyrrole nitrogens is 1. The number of aromatic nitrogens is 1. The second kappa shape index (κ2) is 7.19. The maximum atomic E-state index is 13.0. The molecular formula is C21H19N3O4. The first-order valence-corrected chi connectivity index (χ1v) is 9.03. The van der Waals surface area contributed by atoms with Crippen LogP contribution in [-0.4, -0.2) is 57.9 Å². The van der Waals surface area contributed by atoms with Gasteiger partial charge in [-0.1, -0.05) is 30.3 Å². The molecule has 142 valence electrons. The summed E-state index contributed by atoms with van der Waals surface area (Å²) in [4.78, 5) is 43.5. The van der Waals surface area contributed by atoms with Gasteiger partial charge < -0.3 is 19.9 Å². The molecule has 1 aromatic heterocycles. The zero-order chi connectivity index (χ0) is 19.7. The number of aromatic hydroxyl groups is 1. The van der Waals surface area contributed by atoms with Gasteiger partial charge >= 0.3 is 0 Å². The Morgan fingerprint density at radius 3 is 2.07 bits per heavy atom. The number of aromatic amines is 1. The Balaban J connectivity index is 1.52. The van der Waals surface area contributed by atoms with Crippen LogP contribution in [0.2, 0.25) is 0 Å². The van der Waals surface area contributed by atoms with Gasteiger partial charge in [0.1, 0.15) is 5.75 Å². The average molecular weight is 377 g/mol. The Bertz CT molecular complexity index is 1110. The average Bonchev–Trinajstić information content (AvgIpc) is 2.72. The molecule has 0 spiro atoms. The third kappa shape index (κ3) is 3.22. The molecule has 2 aromatic carbocycles. The van der Waals surface area contributed by atoms with E-state index in [1.165, 1.54) is 12.1 Å². The minimum absolute atomic E-state index is 0.0546. The Hall–Kier alpha value is -3.61. The van der Waals surface area contributed by atoms with Crippen molar-refractivity contribution in [3.8, 4) is 5.75 Å². The number of benzene rings is 2. The van der Waals surface area contributed by atoms with Gasteiger partial charge in [-0.3, -0.25) is 14.4 Å². The van der Waals surface area contributed by atoms with Crippen LogP contribution < -0.4 is 5.56 Å². The maximum absolute atomic E-state index is 13.0. The summed E-state index contributed by atoms with van der Waals surface area (Å²) in [7, 11) is 0. The molecule has 0 saturated carbocycles. The number of nitrogens with one attached hydrogen (secondary N) is 1. The lowest BCUT2D eigenvalue weighted by molar-refractivity contribution is 0.0534. The van der Waals surface area contributed by atoms with Crippen molar-refractivity contribution in [3.05, 3.63) is 76.1 Å². The van der Waals surface area contributed by atoms with E-state index in [-0.39, 0.29) is 28.7 Å². The molecule has 0 aliphatic carbocycles. The van der Waals surface area contributed by atoms with Crippen LogP contribution in [0.5, 0.6) is 5.75 Å². The van der Waals surface area contributed by atoms with Crippen molar-refractivity contribution in [1.82, 2.24) is 14.8 Å². The van der Waals surface area contributed by atoms with Crippen LogP contribution in [0, 0.1) is 0 Å².